The van der Waals surface area contributed by atoms with Gasteiger partial charge in [0.25, 0.3) is 0 Å². The Kier molecular flexibility index (Phi) is 4.32. The second kappa shape index (κ2) is 6.78. The van der Waals surface area contributed by atoms with Crippen LogP contribution in [-0.4, -0.2) is 31.9 Å². The van der Waals surface area contributed by atoms with Crippen molar-refractivity contribution in [2.24, 2.45) is 0 Å². The van der Waals surface area contributed by atoms with E-state index in [2.05, 4.69) is 12.2 Å². The number of aryl methyl sites for hydroxylation is 1. The first-order chi connectivity index (χ1) is 12.6. The zero-order valence-corrected chi connectivity index (χ0v) is 15.0. The van der Waals surface area contributed by atoms with Gasteiger partial charge in [-0.05, 0) is 43.2 Å². The summed E-state index contributed by atoms with van der Waals surface area (Å²) >= 11 is 0. The summed E-state index contributed by atoms with van der Waals surface area (Å²) in [4.78, 5) is 14.7. The standard InChI is InChI=1S/C20H22N2O4/c1-3-15-12-22(16-10-13(2)4-6-17(16)26-15)20(23)21-14-5-7-18-19(11-14)25-9-8-24-18/h4-7,10-11,15H,3,8-9,12H2,1-2H3,(H,21,23). The SMILES string of the molecule is CCC1CN(C(=O)Nc2ccc3c(c2)OCCO3)c2cc(C)ccc2O1. The third kappa shape index (κ3) is 3.14. The molecule has 0 spiro atoms. The molecule has 26 heavy (non-hydrogen) atoms. The molecule has 2 aliphatic heterocycles. The van der Waals surface area contributed by atoms with Crippen LogP contribution in [0.2, 0.25) is 0 Å². The molecule has 2 aliphatic rings. The summed E-state index contributed by atoms with van der Waals surface area (Å²) in [5, 5.41) is 2.96. The quantitative estimate of drug-likeness (QED) is 0.886. The molecule has 1 unspecified atom stereocenters. The molecule has 1 atom stereocenters. The lowest BCUT2D eigenvalue weighted by Gasteiger charge is -2.34. The van der Waals surface area contributed by atoms with Crippen LogP contribution in [0.3, 0.4) is 0 Å². The van der Waals surface area contributed by atoms with Crippen LogP contribution in [0.5, 0.6) is 17.2 Å². The molecule has 0 saturated heterocycles. The average Bonchev–Trinajstić information content (AvgIpc) is 2.67. The van der Waals surface area contributed by atoms with E-state index in [1.807, 2.05) is 37.3 Å². The van der Waals surface area contributed by atoms with Crippen molar-refractivity contribution in [2.75, 3.05) is 30.0 Å². The fraction of sp³-hybridized carbons (Fsp3) is 0.350. The van der Waals surface area contributed by atoms with Crippen LogP contribution in [0.1, 0.15) is 18.9 Å². The molecule has 136 valence electrons. The smallest absolute Gasteiger partial charge is 0.326 e. The van der Waals surface area contributed by atoms with Gasteiger partial charge in [0.05, 0.1) is 12.2 Å². The molecule has 1 N–H and O–H groups in total. The van der Waals surface area contributed by atoms with Gasteiger partial charge in [-0.2, -0.15) is 0 Å². The first-order valence-electron chi connectivity index (χ1n) is 8.89. The van der Waals surface area contributed by atoms with Crippen LogP contribution in [0.15, 0.2) is 36.4 Å². The van der Waals surface area contributed by atoms with Crippen molar-refractivity contribution < 1.29 is 19.0 Å². The van der Waals surface area contributed by atoms with Crippen LogP contribution in [0.4, 0.5) is 16.2 Å². The Labute approximate surface area is 152 Å². The van der Waals surface area contributed by atoms with E-state index in [4.69, 9.17) is 14.2 Å². The molecule has 2 amide bonds. The van der Waals surface area contributed by atoms with Gasteiger partial charge < -0.3 is 19.5 Å². The van der Waals surface area contributed by atoms with Gasteiger partial charge in [0, 0.05) is 11.8 Å². The van der Waals surface area contributed by atoms with Gasteiger partial charge in [-0.15, -0.1) is 0 Å². The minimum Gasteiger partial charge on any atom is -0.486 e. The minimum absolute atomic E-state index is 0.0174. The summed E-state index contributed by atoms with van der Waals surface area (Å²) in [7, 11) is 0. The van der Waals surface area contributed by atoms with Gasteiger partial charge in [0.1, 0.15) is 25.1 Å². The minimum atomic E-state index is -0.185. The first kappa shape index (κ1) is 16.6. The zero-order valence-electron chi connectivity index (χ0n) is 15.0. The number of benzene rings is 2. The predicted molar refractivity (Wildman–Crippen MR) is 99.7 cm³/mol. The Morgan fingerprint density at radius 1 is 1.12 bits per heavy atom. The molecule has 0 aliphatic carbocycles. The molecule has 2 heterocycles. The summed E-state index contributed by atoms with van der Waals surface area (Å²) in [6, 6.07) is 11.1. The van der Waals surface area contributed by atoms with Gasteiger partial charge in [-0.1, -0.05) is 13.0 Å². The molecule has 0 saturated carbocycles. The molecular formula is C20H22N2O4. The highest BCUT2D eigenvalue weighted by Crippen LogP contribution is 2.36. The molecule has 6 heteroatoms. The van der Waals surface area contributed by atoms with Crippen molar-refractivity contribution in [1.82, 2.24) is 0 Å². The molecule has 0 radical (unpaired) electrons. The van der Waals surface area contributed by atoms with E-state index in [0.717, 1.165) is 23.4 Å². The summed E-state index contributed by atoms with van der Waals surface area (Å²) in [5.41, 5.74) is 2.55. The zero-order chi connectivity index (χ0) is 18.1. The lowest BCUT2D eigenvalue weighted by atomic mass is 10.1. The number of nitrogens with zero attached hydrogens (tertiary/aromatic N) is 1. The molecule has 0 aromatic heterocycles. The monoisotopic (exact) mass is 354 g/mol. The van der Waals surface area contributed by atoms with Gasteiger partial charge in [-0.25, -0.2) is 4.79 Å². The van der Waals surface area contributed by atoms with Crippen molar-refractivity contribution in [2.45, 2.75) is 26.4 Å². The van der Waals surface area contributed by atoms with Gasteiger partial charge in [0.2, 0.25) is 0 Å². The average molecular weight is 354 g/mol. The highest BCUT2D eigenvalue weighted by atomic mass is 16.6. The van der Waals surface area contributed by atoms with Gasteiger partial charge >= 0.3 is 6.03 Å². The summed E-state index contributed by atoms with van der Waals surface area (Å²) in [5.74, 6) is 2.09. The fourth-order valence-electron chi connectivity index (χ4n) is 3.17. The Bertz CT molecular complexity index is 837. The van der Waals surface area contributed by atoms with E-state index in [9.17, 15) is 4.79 Å². The number of rotatable bonds is 2. The number of fused-ring (bicyclic) bond motifs is 2. The third-order valence-corrected chi connectivity index (χ3v) is 4.58. The number of carbonyl (C=O) groups is 1. The number of nitrogens with one attached hydrogen (secondary N) is 1. The molecule has 0 bridgehead atoms. The van der Waals surface area contributed by atoms with Crippen LogP contribution in [0.25, 0.3) is 0 Å². The van der Waals surface area contributed by atoms with E-state index in [0.29, 0.717) is 36.9 Å². The summed E-state index contributed by atoms with van der Waals surface area (Å²) < 4.78 is 17.1. The van der Waals surface area contributed by atoms with E-state index < -0.39 is 0 Å². The number of hydrogen-bond donors (Lipinski definition) is 1. The Balaban J connectivity index is 1.58. The Hall–Kier alpha value is -2.89. The molecule has 2 aromatic rings. The van der Waals surface area contributed by atoms with Crippen molar-refractivity contribution in [3.63, 3.8) is 0 Å². The Morgan fingerprint density at radius 3 is 2.69 bits per heavy atom. The maximum absolute atomic E-state index is 13.0. The predicted octanol–water partition coefficient (Wildman–Crippen LogP) is 3.98. The highest BCUT2D eigenvalue weighted by molar-refractivity contribution is 6.03. The number of anilines is 2. The summed E-state index contributed by atoms with van der Waals surface area (Å²) in [6.45, 7) is 5.63. The normalized spacial score (nSPS) is 17.9. The molecule has 4 rings (SSSR count). The third-order valence-electron chi connectivity index (χ3n) is 4.58. The second-order valence-corrected chi connectivity index (χ2v) is 6.52. The fourth-order valence-corrected chi connectivity index (χ4v) is 3.17. The number of ether oxygens (including phenoxy) is 3. The van der Waals surface area contributed by atoms with E-state index in [1.54, 1.807) is 11.0 Å². The maximum atomic E-state index is 13.0. The van der Waals surface area contributed by atoms with Crippen LogP contribution in [-0.2, 0) is 0 Å². The lowest BCUT2D eigenvalue weighted by molar-refractivity contribution is 0.171. The van der Waals surface area contributed by atoms with E-state index in [-0.39, 0.29) is 12.1 Å². The lowest BCUT2D eigenvalue weighted by Crippen LogP contribution is -2.45. The Morgan fingerprint density at radius 2 is 1.88 bits per heavy atom. The number of carbonyl (C=O) groups excluding carboxylic acids is 1. The van der Waals surface area contributed by atoms with E-state index in [1.165, 1.54) is 0 Å². The molecule has 0 fully saturated rings. The maximum Gasteiger partial charge on any atom is 0.326 e. The van der Waals surface area contributed by atoms with Crippen molar-refractivity contribution in [3.05, 3.63) is 42.0 Å². The number of amides is 2. The highest BCUT2D eigenvalue weighted by Gasteiger charge is 2.29. The van der Waals surface area contributed by atoms with Crippen LogP contribution >= 0.6 is 0 Å². The largest absolute Gasteiger partial charge is 0.486 e. The van der Waals surface area contributed by atoms with Crippen molar-refractivity contribution in [3.8, 4) is 17.2 Å². The van der Waals surface area contributed by atoms with Crippen molar-refractivity contribution in [1.29, 1.82) is 0 Å². The van der Waals surface area contributed by atoms with E-state index >= 15 is 0 Å². The van der Waals surface area contributed by atoms with Crippen molar-refractivity contribution >= 4 is 17.4 Å². The molecule has 6 nitrogen and oxygen atoms in total. The molecular weight excluding hydrogens is 332 g/mol. The van der Waals surface area contributed by atoms with Crippen LogP contribution < -0.4 is 24.4 Å². The van der Waals surface area contributed by atoms with Gasteiger partial charge in [0.15, 0.2) is 11.5 Å². The molecule has 2 aromatic carbocycles. The topological polar surface area (TPSA) is 60.0 Å². The number of urea groups is 1. The summed E-state index contributed by atoms with van der Waals surface area (Å²) in [6.07, 6.45) is 0.817. The van der Waals surface area contributed by atoms with Gasteiger partial charge in [-0.3, -0.25) is 4.90 Å². The second-order valence-electron chi connectivity index (χ2n) is 6.52. The van der Waals surface area contributed by atoms with Crippen LogP contribution in [0, 0.1) is 6.92 Å². The first-order valence-corrected chi connectivity index (χ1v) is 8.89. The number of hydrogen-bond acceptors (Lipinski definition) is 4.